The van der Waals surface area contributed by atoms with Crippen molar-refractivity contribution in [3.05, 3.63) is 64.9 Å². The maximum absolute atomic E-state index is 12.1. The summed E-state index contributed by atoms with van der Waals surface area (Å²) in [7, 11) is 0. The number of ether oxygens (including phenoxy) is 1. The summed E-state index contributed by atoms with van der Waals surface area (Å²) in [5.74, 6) is -1.15. The van der Waals surface area contributed by atoms with E-state index in [4.69, 9.17) is 33.0 Å². The minimum Gasteiger partial charge on any atom is -0.458 e. The lowest BCUT2D eigenvalue weighted by atomic mass is 10.1. The highest BCUT2D eigenvalue weighted by molar-refractivity contribution is 7.80. The Morgan fingerprint density at radius 2 is 1.93 bits per heavy atom. The second kappa shape index (κ2) is 8.20. The van der Waals surface area contributed by atoms with E-state index in [1.807, 2.05) is 0 Å². The Morgan fingerprint density at radius 1 is 1.21 bits per heavy atom. The molecule has 0 atom stereocenters. The lowest BCUT2D eigenvalue weighted by molar-refractivity contribution is -0.123. The minimum atomic E-state index is -0.620. The van der Waals surface area contributed by atoms with Gasteiger partial charge < -0.3 is 9.15 Å². The van der Waals surface area contributed by atoms with E-state index in [9.17, 15) is 14.4 Å². The SMILES string of the molecule is C=CCOC(=O)c1cc(-c2ccc(C=C3C(=O)NC(=S)NC3=O)o2)ccc1Cl. The van der Waals surface area contributed by atoms with Crippen molar-refractivity contribution in [2.45, 2.75) is 0 Å². The van der Waals surface area contributed by atoms with Crippen molar-refractivity contribution in [1.29, 1.82) is 0 Å². The van der Waals surface area contributed by atoms with Crippen LogP contribution in [0.25, 0.3) is 17.4 Å². The zero-order chi connectivity index (χ0) is 20.3. The molecule has 0 bridgehead atoms. The van der Waals surface area contributed by atoms with Crippen molar-refractivity contribution in [1.82, 2.24) is 10.6 Å². The molecule has 1 saturated heterocycles. The predicted octanol–water partition coefficient (Wildman–Crippen LogP) is 2.86. The minimum absolute atomic E-state index is 0.0516. The van der Waals surface area contributed by atoms with Gasteiger partial charge in [0.25, 0.3) is 11.8 Å². The van der Waals surface area contributed by atoms with E-state index >= 15 is 0 Å². The van der Waals surface area contributed by atoms with Gasteiger partial charge in [0.2, 0.25) is 0 Å². The van der Waals surface area contributed by atoms with Crippen LogP contribution in [-0.4, -0.2) is 29.5 Å². The smallest absolute Gasteiger partial charge is 0.339 e. The molecule has 1 aliphatic heterocycles. The largest absolute Gasteiger partial charge is 0.458 e. The van der Waals surface area contributed by atoms with Crippen LogP contribution < -0.4 is 10.6 Å². The van der Waals surface area contributed by atoms with Crippen LogP contribution in [0.15, 0.2) is 53.0 Å². The number of furan rings is 1. The molecule has 7 nitrogen and oxygen atoms in total. The zero-order valence-electron chi connectivity index (χ0n) is 14.3. The molecule has 0 spiro atoms. The van der Waals surface area contributed by atoms with Gasteiger partial charge in [-0.1, -0.05) is 24.3 Å². The lowest BCUT2D eigenvalue weighted by Gasteiger charge is -2.15. The average Bonchev–Trinajstić information content (AvgIpc) is 3.11. The van der Waals surface area contributed by atoms with Crippen LogP contribution in [0, 0.1) is 0 Å². The van der Waals surface area contributed by atoms with Gasteiger partial charge in [-0.25, -0.2) is 4.79 Å². The molecular weight excluding hydrogens is 404 g/mol. The molecule has 9 heteroatoms. The number of benzene rings is 1. The van der Waals surface area contributed by atoms with E-state index in [1.165, 1.54) is 18.2 Å². The number of nitrogens with one attached hydrogen (secondary N) is 2. The fourth-order valence-electron chi connectivity index (χ4n) is 2.38. The van der Waals surface area contributed by atoms with Gasteiger partial charge in [-0.2, -0.15) is 0 Å². The number of carbonyl (C=O) groups excluding carboxylic acids is 3. The standard InChI is InChI=1S/C19H13ClN2O5S/c1-2-7-26-18(25)12-8-10(3-5-14(12)20)15-6-4-11(27-15)9-13-16(23)21-19(28)22-17(13)24/h2-6,8-9H,1,7H2,(H2,21,22,23,24,28). The van der Waals surface area contributed by atoms with Crippen LogP contribution in [0.1, 0.15) is 16.1 Å². The van der Waals surface area contributed by atoms with Crippen molar-refractivity contribution in [3.63, 3.8) is 0 Å². The number of halogens is 1. The van der Waals surface area contributed by atoms with Crippen molar-refractivity contribution >= 4 is 52.8 Å². The molecule has 2 N–H and O–H groups in total. The highest BCUT2D eigenvalue weighted by atomic mass is 35.5. The molecule has 2 heterocycles. The third-order valence-electron chi connectivity index (χ3n) is 3.66. The Hall–Kier alpha value is -3.23. The Labute approximate surface area is 170 Å². The van der Waals surface area contributed by atoms with E-state index in [0.717, 1.165) is 0 Å². The summed E-state index contributed by atoms with van der Waals surface area (Å²) in [6, 6.07) is 7.96. The zero-order valence-corrected chi connectivity index (χ0v) is 15.9. The van der Waals surface area contributed by atoms with E-state index in [1.54, 1.807) is 24.3 Å². The third kappa shape index (κ3) is 4.19. The molecule has 0 saturated carbocycles. The molecular formula is C19H13ClN2O5S. The summed E-state index contributed by atoms with van der Waals surface area (Å²) >= 11 is 10.8. The van der Waals surface area contributed by atoms with Crippen LogP contribution in [0.5, 0.6) is 0 Å². The molecule has 0 aliphatic carbocycles. The molecule has 1 aromatic carbocycles. The van der Waals surface area contributed by atoms with Gasteiger partial charge in [0.05, 0.1) is 10.6 Å². The van der Waals surface area contributed by atoms with E-state index in [-0.39, 0.29) is 33.6 Å². The van der Waals surface area contributed by atoms with Gasteiger partial charge >= 0.3 is 5.97 Å². The summed E-state index contributed by atoms with van der Waals surface area (Å²) in [6.45, 7) is 3.55. The summed E-state index contributed by atoms with van der Waals surface area (Å²) in [5, 5.41) is 4.86. The van der Waals surface area contributed by atoms with Gasteiger partial charge in [-0.05, 0) is 48.6 Å². The third-order valence-corrected chi connectivity index (χ3v) is 4.19. The molecule has 2 aromatic rings. The number of rotatable bonds is 5. The summed E-state index contributed by atoms with van der Waals surface area (Å²) in [5.41, 5.74) is 0.606. The van der Waals surface area contributed by atoms with Crippen molar-refractivity contribution in [3.8, 4) is 11.3 Å². The second-order valence-electron chi connectivity index (χ2n) is 5.58. The molecule has 2 amide bonds. The first kappa shape index (κ1) is 19.5. The van der Waals surface area contributed by atoms with E-state index in [0.29, 0.717) is 11.3 Å². The predicted molar refractivity (Wildman–Crippen MR) is 106 cm³/mol. The van der Waals surface area contributed by atoms with Crippen molar-refractivity contribution in [2.75, 3.05) is 6.61 Å². The summed E-state index contributed by atoms with van der Waals surface area (Å²) < 4.78 is 10.7. The monoisotopic (exact) mass is 416 g/mol. The number of hydrogen-bond donors (Lipinski definition) is 2. The highest BCUT2D eigenvalue weighted by Gasteiger charge is 2.26. The van der Waals surface area contributed by atoms with Crippen molar-refractivity contribution in [2.24, 2.45) is 0 Å². The maximum atomic E-state index is 12.1. The molecule has 28 heavy (non-hydrogen) atoms. The first-order chi connectivity index (χ1) is 13.4. The quantitative estimate of drug-likeness (QED) is 0.256. The Morgan fingerprint density at radius 3 is 2.61 bits per heavy atom. The average molecular weight is 417 g/mol. The van der Waals surface area contributed by atoms with Crippen LogP contribution >= 0.6 is 23.8 Å². The van der Waals surface area contributed by atoms with Crippen molar-refractivity contribution < 1.29 is 23.5 Å². The van der Waals surface area contributed by atoms with Gasteiger partial charge in [0, 0.05) is 5.56 Å². The number of carbonyl (C=O) groups is 3. The van der Waals surface area contributed by atoms with Gasteiger partial charge in [-0.3, -0.25) is 20.2 Å². The first-order valence-electron chi connectivity index (χ1n) is 7.95. The number of hydrogen-bond acceptors (Lipinski definition) is 6. The molecule has 142 valence electrons. The molecule has 0 radical (unpaired) electrons. The van der Waals surface area contributed by atoms with Crippen LogP contribution in [0.3, 0.4) is 0 Å². The molecule has 0 unspecified atom stereocenters. The Balaban J connectivity index is 1.88. The fourth-order valence-corrected chi connectivity index (χ4v) is 2.76. The van der Waals surface area contributed by atoms with Gasteiger partial charge in [0.1, 0.15) is 23.7 Å². The summed E-state index contributed by atoms with van der Waals surface area (Å²) in [4.78, 5) is 35.9. The molecule has 1 aromatic heterocycles. The molecule has 1 fully saturated rings. The number of esters is 1. The summed E-state index contributed by atoms with van der Waals surface area (Å²) in [6.07, 6.45) is 2.75. The maximum Gasteiger partial charge on any atom is 0.339 e. The lowest BCUT2D eigenvalue weighted by Crippen LogP contribution is -2.51. The Kier molecular flexibility index (Phi) is 5.72. The fraction of sp³-hybridized carbons (Fsp3) is 0.0526. The Bertz CT molecular complexity index is 1020. The van der Waals surface area contributed by atoms with E-state index in [2.05, 4.69) is 17.2 Å². The number of thiocarbonyl (C=S) groups is 1. The van der Waals surface area contributed by atoms with E-state index < -0.39 is 17.8 Å². The normalized spacial score (nSPS) is 13.6. The highest BCUT2D eigenvalue weighted by Crippen LogP contribution is 2.28. The first-order valence-corrected chi connectivity index (χ1v) is 8.74. The van der Waals surface area contributed by atoms with Gasteiger partial charge in [0.15, 0.2) is 5.11 Å². The topological polar surface area (TPSA) is 97.6 Å². The van der Waals surface area contributed by atoms with Crippen LogP contribution in [-0.2, 0) is 14.3 Å². The van der Waals surface area contributed by atoms with Gasteiger partial charge in [-0.15, -0.1) is 0 Å². The van der Waals surface area contributed by atoms with Crippen LogP contribution in [0.4, 0.5) is 0 Å². The molecule has 1 aliphatic rings. The number of amides is 2. The van der Waals surface area contributed by atoms with Crippen LogP contribution in [0.2, 0.25) is 5.02 Å². The second-order valence-corrected chi connectivity index (χ2v) is 6.39. The molecule has 3 rings (SSSR count).